The molecule has 70 valence electrons. The molecule has 1 aliphatic heterocycles. The molecule has 0 aromatic rings. The second kappa shape index (κ2) is 3.02. The van der Waals surface area contributed by atoms with Crippen molar-refractivity contribution >= 4 is 16.0 Å². The first kappa shape index (κ1) is 9.47. The van der Waals surface area contributed by atoms with E-state index >= 15 is 0 Å². The van der Waals surface area contributed by atoms with Gasteiger partial charge in [-0.15, -0.1) is 4.40 Å². The molecule has 0 amide bonds. The van der Waals surface area contributed by atoms with E-state index in [0.717, 1.165) is 10.8 Å². The Morgan fingerprint density at radius 2 is 2.25 bits per heavy atom. The predicted octanol–water partition coefficient (Wildman–Crippen LogP) is 0.126. The molecular weight excluding hydrogens is 178 g/mol. The molecule has 0 fully saturated rings. The van der Waals surface area contributed by atoms with Crippen LogP contribution in [0.2, 0.25) is 0 Å². The van der Waals surface area contributed by atoms with Crippen LogP contribution in [-0.4, -0.2) is 25.7 Å². The first-order valence-electron chi connectivity index (χ1n) is 3.82. The standard InChI is InChI=1S/C6H13N3O2S/c1-4-5(2)6-7-9(3)12(10,11)8-6/h5H,4H2,1-3H3,(H,7,8). The molecule has 1 N–H and O–H groups in total. The Hall–Kier alpha value is -0.620. The van der Waals surface area contributed by atoms with Gasteiger partial charge in [0.2, 0.25) is 0 Å². The van der Waals surface area contributed by atoms with E-state index in [1.165, 1.54) is 7.05 Å². The lowest BCUT2D eigenvalue weighted by Crippen LogP contribution is -2.37. The fraction of sp³-hybridized carbons (Fsp3) is 0.833. The lowest BCUT2D eigenvalue weighted by Gasteiger charge is -2.10. The minimum atomic E-state index is -3.42. The van der Waals surface area contributed by atoms with Gasteiger partial charge in [-0.05, 0) is 6.42 Å². The van der Waals surface area contributed by atoms with E-state index in [4.69, 9.17) is 0 Å². The van der Waals surface area contributed by atoms with E-state index in [1.807, 2.05) is 13.8 Å². The Bertz CT molecular complexity index is 296. The average molecular weight is 191 g/mol. The van der Waals surface area contributed by atoms with Crippen LogP contribution in [0.25, 0.3) is 0 Å². The molecule has 1 atom stereocenters. The maximum Gasteiger partial charge on any atom is 0.340 e. The third-order valence-corrected chi connectivity index (χ3v) is 3.12. The number of rotatable bonds is 2. The Morgan fingerprint density at radius 1 is 1.67 bits per heavy atom. The van der Waals surface area contributed by atoms with Gasteiger partial charge in [0.05, 0.1) is 0 Å². The van der Waals surface area contributed by atoms with E-state index in [2.05, 4.69) is 9.82 Å². The fourth-order valence-corrected chi connectivity index (χ4v) is 1.62. The molecule has 0 spiro atoms. The number of hydrogen-bond acceptors (Lipinski definition) is 3. The lowest BCUT2D eigenvalue weighted by atomic mass is 10.1. The van der Waals surface area contributed by atoms with E-state index in [0.29, 0.717) is 5.84 Å². The molecule has 0 aromatic heterocycles. The van der Waals surface area contributed by atoms with Crippen LogP contribution in [0.3, 0.4) is 0 Å². The van der Waals surface area contributed by atoms with E-state index in [1.54, 1.807) is 0 Å². The van der Waals surface area contributed by atoms with Crippen molar-refractivity contribution in [1.82, 2.24) is 9.84 Å². The number of nitrogens with zero attached hydrogens (tertiary/aromatic N) is 2. The van der Waals surface area contributed by atoms with Crippen LogP contribution in [0.4, 0.5) is 0 Å². The summed E-state index contributed by atoms with van der Waals surface area (Å²) in [6.07, 6.45) is 0.870. The number of nitrogens with one attached hydrogen (secondary N) is 1. The predicted molar refractivity (Wildman–Crippen MR) is 46.7 cm³/mol. The van der Waals surface area contributed by atoms with Gasteiger partial charge in [-0.2, -0.15) is 8.42 Å². The lowest BCUT2D eigenvalue weighted by molar-refractivity contribution is 0.446. The minimum Gasteiger partial charge on any atom is -0.291 e. The summed E-state index contributed by atoms with van der Waals surface area (Å²) >= 11 is 0. The monoisotopic (exact) mass is 191 g/mol. The van der Waals surface area contributed by atoms with Gasteiger partial charge in [0.15, 0.2) is 0 Å². The van der Waals surface area contributed by atoms with Crippen LogP contribution in [-0.2, 0) is 10.2 Å². The summed E-state index contributed by atoms with van der Waals surface area (Å²) in [5.74, 6) is 0.685. The van der Waals surface area contributed by atoms with Crippen molar-refractivity contribution in [3.63, 3.8) is 0 Å². The smallest absolute Gasteiger partial charge is 0.291 e. The van der Waals surface area contributed by atoms with Crippen molar-refractivity contribution < 1.29 is 8.42 Å². The van der Waals surface area contributed by atoms with Crippen molar-refractivity contribution in [3.05, 3.63) is 0 Å². The van der Waals surface area contributed by atoms with Crippen molar-refractivity contribution in [2.75, 3.05) is 7.05 Å². The van der Waals surface area contributed by atoms with Gasteiger partial charge in [-0.3, -0.25) is 5.43 Å². The third kappa shape index (κ3) is 1.59. The fourth-order valence-electron chi connectivity index (χ4n) is 0.818. The SMILES string of the molecule is CCC(C)C1=NS(=O)(=O)N(C)N1. The average Bonchev–Trinajstić information content (AvgIpc) is 2.25. The van der Waals surface area contributed by atoms with Crippen LogP contribution < -0.4 is 5.43 Å². The normalized spacial score (nSPS) is 24.8. The Morgan fingerprint density at radius 3 is 2.58 bits per heavy atom. The summed E-state index contributed by atoms with van der Waals surface area (Å²) in [5, 5.41) is 0. The molecule has 0 radical (unpaired) electrons. The highest BCUT2D eigenvalue weighted by molar-refractivity contribution is 7.88. The van der Waals surface area contributed by atoms with Gasteiger partial charge in [0.1, 0.15) is 5.84 Å². The maximum atomic E-state index is 11.1. The Balaban J connectivity index is 2.87. The first-order chi connectivity index (χ1) is 5.47. The molecule has 0 saturated carbocycles. The molecule has 0 aliphatic carbocycles. The van der Waals surface area contributed by atoms with Crippen LogP contribution in [0.1, 0.15) is 20.3 Å². The van der Waals surface area contributed by atoms with Crippen molar-refractivity contribution in [2.24, 2.45) is 10.3 Å². The van der Waals surface area contributed by atoms with Crippen molar-refractivity contribution in [3.8, 4) is 0 Å². The largest absolute Gasteiger partial charge is 0.340 e. The molecule has 0 aromatic carbocycles. The zero-order valence-electron chi connectivity index (χ0n) is 7.40. The molecule has 1 heterocycles. The number of hydrogen-bond donors (Lipinski definition) is 1. The molecular formula is C6H13N3O2S. The van der Waals surface area contributed by atoms with Crippen molar-refractivity contribution in [1.29, 1.82) is 0 Å². The topological polar surface area (TPSA) is 61.8 Å². The van der Waals surface area contributed by atoms with Gasteiger partial charge in [0, 0.05) is 13.0 Å². The molecule has 0 saturated heterocycles. The second-order valence-electron chi connectivity index (χ2n) is 2.84. The Labute approximate surface area is 72.6 Å². The van der Waals surface area contributed by atoms with E-state index in [-0.39, 0.29) is 5.92 Å². The quantitative estimate of drug-likeness (QED) is 0.674. The first-order valence-corrected chi connectivity index (χ1v) is 5.22. The highest BCUT2D eigenvalue weighted by atomic mass is 32.2. The van der Waals surface area contributed by atoms with Gasteiger partial charge >= 0.3 is 10.2 Å². The summed E-state index contributed by atoms with van der Waals surface area (Å²) in [7, 11) is -1.98. The molecule has 12 heavy (non-hydrogen) atoms. The third-order valence-electron chi connectivity index (χ3n) is 1.91. The molecule has 6 heteroatoms. The van der Waals surface area contributed by atoms with Gasteiger partial charge in [-0.25, -0.2) is 0 Å². The zero-order chi connectivity index (χ0) is 9.35. The summed E-state index contributed by atoms with van der Waals surface area (Å²) < 4.78 is 26.7. The highest BCUT2D eigenvalue weighted by Crippen LogP contribution is 2.11. The van der Waals surface area contributed by atoms with Crippen LogP contribution >= 0.6 is 0 Å². The number of hydrazine groups is 1. The van der Waals surface area contributed by atoms with Gasteiger partial charge in [-0.1, -0.05) is 18.3 Å². The minimum absolute atomic E-state index is 0.157. The molecule has 0 bridgehead atoms. The van der Waals surface area contributed by atoms with Crippen molar-refractivity contribution in [2.45, 2.75) is 20.3 Å². The molecule has 1 rings (SSSR count). The van der Waals surface area contributed by atoms with Gasteiger partial charge in [0.25, 0.3) is 0 Å². The summed E-state index contributed by atoms with van der Waals surface area (Å²) in [6, 6.07) is 0. The van der Waals surface area contributed by atoms with Crippen LogP contribution in [0.5, 0.6) is 0 Å². The summed E-state index contributed by atoms with van der Waals surface area (Å²) in [6.45, 7) is 3.92. The number of amidine groups is 1. The molecule has 1 unspecified atom stereocenters. The zero-order valence-corrected chi connectivity index (χ0v) is 8.22. The van der Waals surface area contributed by atoms with Crippen LogP contribution in [0.15, 0.2) is 4.40 Å². The van der Waals surface area contributed by atoms with Gasteiger partial charge < -0.3 is 0 Å². The second-order valence-corrected chi connectivity index (χ2v) is 4.47. The van der Waals surface area contributed by atoms with E-state index < -0.39 is 10.2 Å². The Kier molecular flexibility index (Phi) is 2.39. The van der Waals surface area contributed by atoms with E-state index in [9.17, 15) is 8.42 Å². The highest BCUT2D eigenvalue weighted by Gasteiger charge is 2.28. The molecule has 1 aliphatic rings. The molecule has 5 nitrogen and oxygen atoms in total. The summed E-state index contributed by atoms with van der Waals surface area (Å²) in [5.41, 5.74) is 2.69. The maximum absolute atomic E-state index is 11.1. The summed E-state index contributed by atoms with van der Waals surface area (Å²) in [4.78, 5) is 0. The van der Waals surface area contributed by atoms with Crippen LogP contribution in [0, 0.1) is 5.92 Å².